The normalized spacial score (nSPS) is 6.67. The van der Waals surface area contributed by atoms with Crippen LogP contribution >= 0.6 is 0 Å². The fraction of sp³-hybridized carbons (Fsp3) is 0.750. The first-order chi connectivity index (χ1) is 3.46. The van der Waals surface area contributed by atoms with E-state index in [4.69, 9.17) is 15.0 Å². The molecule has 0 amide bonds. The Hall–Kier alpha value is -0.810. The maximum Gasteiger partial charge on any atom is 0.249 e. The van der Waals surface area contributed by atoms with Crippen LogP contribution in [0.1, 0.15) is 0 Å². The van der Waals surface area contributed by atoms with Crippen LogP contribution in [0, 0.1) is 0 Å². The summed E-state index contributed by atoms with van der Waals surface area (Å²) in [6.45, 7) is 0. The van der Waals surface area contributed by atoms with Gasteiger partial charge >= 0.3 is 0 Å². The summed E-state index contributed by atoms with van der Waals surface area (Å²) in [6, 6.07) is 0. The van der Waals surface area contributed by atoms with Crippen molar-refractivity contribution in [2.75, 3.05) is 21.1 Å². The molecule has 0 atom stereocenters. The lowest BCUT2D eigenvalue weighted by Gasteiger charge is -1.88. The Balaban J connectivity index is -0.0000000720. The average molecular weight is 139 g/mol. The van der Waals surface area contributed by atoms with E-state index in [1.807, 2.05) is 0 Å². The minimum atomic E-state index is -2.08. The Bertz CT molecular complexity index is 56.8. The summed E-state index contributed by atoms with van der Waals surface area (Å²) < 4.78 is 0. The van der Waals surface area contributed by atoms with Crippen LogP contribution in [0.15, 0.2) is 0 Å². The molecule has 0 saturated heterocycles. The molecule has 9 heavy (non-hydrogen) atoms. The topological polar surface area (TPSA) is 96.3 Å². The van der Waals surface area contributed by atoms with Crippen molar-refractivity contribution in [2.45, 2.75) is 0 Å². The number of quaternary nitrogens is 1. The first kappa shape index (κ1) is 15.7. The molecule has 0 saturated carbocycles. The molecular weight excluding hydrogens is 126 g/mol. The number of carbonyl (C=O) groups is 1. The predicted octanol–water partition coefficient (Wildman–Crippen LogP) is -3.18. The van der Waals surface area contributed by atoms with E-state index in [0.717, 1.165) is 0 Å². The van der Waals surface area contributed by atoms with E-state index in [-0.39, 0.29) is 5.48 Å². The maximum atomic E-state index is 8.44. The highest BCUT2D eigenvalue weighted by Crippen LogP contribution is 1.32. The van der Waals surface area contributed by atoms with Crippen LogP contribution in [0.25, 0.3) is 0 Å². The van der Waals surface area contributed by atoms with Gasteiger partial charge in [-0.3, -0.25) is 0 Å². The number of carboxylic acid groups (broad SMARTS) is 2. The quantitative estimate of drug-likeness (QED) is 0.370. The lowest BCUT2D eigenvalue weighted by atomic mass is 11.0. The van der Waals surface area contributed by atoms with Crippen LogP contribution < -0.4 is 10.0 Å². The molecule has 0 radical (unpaired) electrons. The van der Waals surface area contributed by atoms with Gasteiger partial charge in [-0.15, -0.1) is 0 Å². The molecule has 0 heterocycles. The van der Waals surface area contributed by atoms with Gasteiger partial charge in [-0.05, 0) is 0 Å². The highest BCUT2D eigenvalue weighted by Gasteiger charge is 1.61. The van der Waals surface area contributed by atoms with Gasteiger partial charge in [0.1, 0.15) is 0 Å². The van der Waals surface area contributed by atoms with Crippen molar-refractivity contribution in [2.24, 2.45) is 0 Å². The summed E-state index contributed by atoms with van der Waals surface area (Å²) in [6.07, 6.45) is -2.08. The molecule has 0 spiro atoms. The minimum Gasteiger partial charge on any atom is -0.565 e. The molecule has 58 valence electrons. The second-order valence-electron chi connectivity index (χ2n) is 1.77. The lowest BCUT2D eigenvalue weighted by molar-refractivity contribution is -0.836. The third-order valence-corrected chi connectivity index (χ3v) is 0. The molecule has 5 heteroatoms. The van der Waals surface area contributed by atoms with E-state index in [0.29, 0.717) is 0 Å². The summed E-state index contributed by atoms with van der Waals surface area (Å²) in [4.78, 5) is 9.86. The van der Waals surface area contributed by atoms with Gasteiger partial charge in [0.15, 0.2) is 0 Å². The van der Waals surface area contributed by atoms with Crippen molar-refractivity contribution >= 4 is 6.16 Å². The average Bonchev–Trinajstić information content (AvgIpc) is 1.25. The summed E-state index contributed by atoms with van der Waals surface area (Å²) in [5.74, 6) is 0. The standard InChI is InChI=1S/C3H9N.CH2O3.H2O/c1-4(2)3;2-1(3)4;/h1-3H3;(H2,2,3,4);1H2. The van der Waals surface area contributed by atoms with Gasteiger partial charge in [0.2, 0.25) is 6.16 Å². The van der Waals surface area contributed by atoms with Crippen LogP contribution in [-0.2, 0) is 0 Å². The SMILES string of the molecule is C[NH+](C)C.O.O=C([O-])O. The van der Waals surface area contributed by atoms with Crippen LogP contribution in [0.2, 0.25) is 0 Å². The molecule has 0 rings (SSSR count). The molecule has 0 fully saturated rings. The van der Waals surface area contributed by atoms with Crippen LogP contribution in [0.5, 0.6) is 0 Å². The highest BCUT2D eigenvalue weighted by atomic mass is 16.6. The molecule has 4 N–H and O–H groups in total. The van der Waals surface area contributed by atoms with Gasteiger partial charge in [0.25, 0.3) is 0 Å². The summed E-state index contributed by atoms with van der Waals surface area (Å²) in [5.41, 5.74) is 0. The van der Waals surface area contributed by atoms with Gasteiger partial charge in [-0.1, -0.05) is 0 Å². The molecule has 0 aromatic rings. The molecule has 0 aliphatic rings. The van der Waals surface area contributed by atoms with E-state index in [9.17, 15) is 0 Å². The van der Waals surface area contributed by atoms with Crippen molar-refractivity contribution in [3.05, 3.63) is 0 Å². The third kappa shape index (κ3) is 295. The molecule has 0 bridgehead atoms. The fourth-order valence-corrected chi connectivity index (χ4v) is 0. The third-order valence-electron chi connectivity index (χ3n) is 0. The van der Waals surface area contributed by atoms with Gasteiger partial charge in [0.05, 0.1) is 21.1 Å². The van der Waals surface area contributed by atoms with Crippen molar-refractivity contribution in [3.63, 3.8) is 0 Å². The highest BCUT2D eigenvalue weighted by molar-refractivity contribution is 5.50. The molecule has 0 aliphatic heterocycles. The molecule has 5 nitrogen and oxygen atoms in total. The Morgan fingerprint density at radius 2 is 1.44 bits per heavy atom. The van der Waals surface area contributed by atoms with Crippen molar-refractivity contribution < 1.29 is 25.4 Å². The van der Waals surface area contributed by atoms with Gasteiger partial charge in [0, 0.05) is 0 Å². The maximum absolute atomic E-state index is 8.44. The monoisotopic (exact) mass is 139 g/mol. The van der Waals surface area contributed by atoms with E-state index < -0.39 is 6.16 Å². The first-order valence-electron chi connectivity index (χ1n) is 2.13. The van der Waals surface area contributed by atoms with Gasteiger partial charge < -0.3 is 25.4 Å². The second-order valence-corrected chi connectivity index (χ2v) is 1.77. The van der Waals surface area contributed by atoms with E-state index in [1.54, 1.807) is 0 Å². The summed E-state index contributed by atoms with van der Waals surface area (Å²) >= 11 is 0. The first-order valence-corrected chi connectivity index (χ1v) is 2.13. The Morgan fingerprint density at radius 1 is 1.44 bits per heavy atom. The zero-order chi connectivity index (χ0) is 7.15. The van der Waals surface area contributed by atoms with Gasteiger partial charge in [-0.2, -0.15) is 0 Å². The molecule has 0 aromatic carbocycles. The lowest BCUT2D eigenvalue weighted by Crippen LogP contribution is -3.02. The van der Waals surface area contributed by atoms with Crippen molar-refractivity contribution in [1.29, 1.82) is 0 Å². The minimum absolute atomic E-state index is 0. The smallest absolute Gasteiger partial charge is 0.249 e. The number of rotatable bonds is 0. The number of nitrogens with one attached hydrogen (secondary N) is 1. The number of hydrogen-bond donors (Lipinski definition) is 2. The van der Waals surface area contributed by atoms with Crippen LogP contribution in [0.3, 0.4) is 0 Å². The van der Waals surface area contributed by atoms with Crippen LogP contribution in [-0.4, -0.2) is 37.9 Å². The zero-order valence-corrected chi connectivity index (χ0v) is 5.76. The Morgan fingerprint density at radius 3 is 1.44 bits per heavy atom. The second kappa shape index (κ2) is 10.2. The molecule has 0 aromatic heterocycles. The zero-order valence-electron chi connectivity index (χ0n) is 5.76. The summed E-state index contributed by atoms with van der Waals surface area (Å²) in [7, 11) is 6.25. The summed E-state index contributed by atoms with van der Waals surface area (Å²) in [5, 5.41) is 15.3. The molecule has 0 aliphatic carbocycles. The van der Waals surface area contributed by atoms with Crippen LogP contribution in [0.4, 0.5) is 4.79 Å². The van der Waals surface area contributed by atoms with E-state index in [2.05, 4.69) is 21.1 Å². The number of hydrogen-bond acceptors (Lipinski definition) is 2. The van der Waals surface area contributed by atoms with E-state index in [1.165, 1.54) is 4.90 Å². The van der Waals surface area contributed by atoms with Crippen molar-refractivity contribution in [1.82, 2.24) is 0 Å². The molecule has 0 unspecified atom stereocenters. The fourth-order valence-electron chi connectivity index (χ4n) is 0. The predicted molar refractivity (Wildman–Crippen MR) is 30.4 cm³/mol. The van der Waals surface area contributed by atoms with E-state index >= 15 is 0 Å². The van der Waals surface area contributed by atoms with Crippen molar-refractivity contribution in [3.8, 4) is 0 Å². The largest absolute Gasteiger partial charge is 0.565 e. The Kier molecular flexibility index (Phi) is 17.9. The van der Waals surface area contributed by atoms with Gasteiger partial charge in [-0.25, -0.2) is 0 Å². The molecular formula is C4H13NO4. The Labute approximate surface area is 53.8 Å².